The van der Waals surface area contributed by atoms with Crippen LogP contribution in [-0.4, -0.2) is 30.3 Å². The SMILES string of the molecule is O=C(COc1ccc(Cl)c(Cl)c1)NCC1CC(O)C1. The summed E-state index contributed by atoms with van der Waals surface area (Å²) < 4.78 is 5.30. The minimum Gasteiger partial charge on any atom is -0.484 e. The van der Waals surface area contributed by atoms with Gasteiger partial charge in [-0.25, -0.2) is 0 Å². The van der Waals surface area contributed by atoms with E-state index >= 15 is 0 Å². The van der Waals surface area contributed by atoms with Crippen molar-refractivity contribution in [2.24, 2.45) is 5.92 Å². The van der Waals surface area contributed by atoms with Gasteiger partial charge in [0.2, 0.25) is 0 Å². The number of rotatable bonds is 5. The van der Waals surface area contributed by atoms with E-state index in [4.69, 9.17) is 33.0 Å². The molecule has 19 heavy (non-hydrogen) atoms. The number of carbonyl (C=O) groups excluding carboxylic acids is 1. The molecule has 0 bridgehead atoms. The monoisotopic (exact) mass is 303 g/mol. The van der Waals surface area contributed by atoms with Crippen molar-refractivity contribution in [3.05, 3.63) is 28.2 Å². The summed E-state index contributed by atoms with van der Waals surface area (Å²) >= 11 is 11.6. The molecule has 0 heterocycles. The zero-order chi connectivity index (χ0) is 13.8. The minimum absolute atomic E-state index is 0.0623. The lowest BCUT2D eigenvalue weighted by Gasteiger charge is -2.31. The molecule has 1 saturated carbocycles. The van der Waals surface area contributed by atoms with Gasteiger partial charge in [0.1, 0.15) is 5.75 Å². The number of hydrogen-bond acceptors (Lipinski definition) is 3. The molecule has 1 fully saturated rings. The van der Waals surface area contributed by atoms with Crippen LogP contribution in [0.3, 0.4) is 0 Å². The van der Waals surface area contributed by atoms with E-state index in [0.29, 0.717) is 28.3 Å². The Labute approximate surface area is 121 Å². The molecule has 4 nitrogen and oxygen atoms in total. The summed E-state index contributed by atoms with van der Waals surface area (Å²) in [5.41, 5.74) is 0. The molecule has 1 aliphatic rings. The molecule has 1 aromatic rings. The summed E-state index contributed by atoms with van der Waals surface area (Å²) in [6, 6.07) is 4.84. The predicted octanol–water partition coefficient (Wildman–Crippen LogP) is 2.26. The maximum absolute atomic E-state index is 11.5. The summed E-state index contributed by atoms with van der Waals surface area (Å²) in [5.74, 6) is 0.694. The number of ether oxygens (including phenoxy) is 1. The van der Waals surface area contributed by atoms with E-state index < -0.39 is 0 Å². The predicted molar refractivity (Wildman–Crippen MR) is 73.7 cm³/mol. The average Bonchev–Trinajstić information content (AvgIpc) is 2.34. The van der Waals surface area contributed by atoms with Gasteiger partial charge < -0.3 is 15.2 Å². The quantitative estimate of drug-likeness (QED) is 0.877. The Morgan fingerprint density at radius 2 is 2.11 bits per heavy atom. The van der Waals surface area contributed by atoms with Crippen LogP contribution in [0.2, 0.25) is 10.0 Å². The second kappa shape index (κ2) is 6.46. The Bertz CT molecular complexity index is 461. The van der Waals surface area contributed by atoms with Crippen LogP contribution in [0.25, 0.3) is 0 Å². The van der Waals surface area contributed by atoms with Crippen LogP contribution in [0.15, 0.2) is 18.2 Å². The Morgan fingerprint density at radius 3 is 2.74 bits per heavy atom. The van der Waals surface area contributed by atoms with Gasteiger partial charge in [0.05, 0.1) is 16.1 Å². The molecule has 104 valence electrons. The van der Waals surface area contributed by atoms with Crippen LogP contribution in [0, 0.1) is 5.92 Å². The Balaban J connectivity index is 1.69. The Morgan fingerprint density at radius 1 is 1.37 bits per heavy atom. The van der Waals surface area contributed by atoms with Crippen molar-refractivity contribution in [3.8, 4) is 5.75 Å². The molecule has 0 aromatic heterocycles. The molecule has 1 amide bonds. The van der Waals surface area contributed by atoms with Gasteiger partial charge in [0.25, 0.3) is 5.91 Å². The fourth-order valence-electron chi connectivity index (χ4n) is 1.89. The van der Waals surface area contributed by atoms with E-state index in [1.54, 1.807) is 18.2 Å². The normalized spacial score (nSPS) is 21.6. The van der Waals surface area contributed by atoms with Gasteiger partial charge in [-0.1, -0.05) is 23.2 Å². The van der Waals surface area contributed by atoms with Crippen molar-refractivity contribution in [1.29, 1.82) is 0 Å². The third-order valence-corrected chi connectivity index (χ3v) is 3.80. The molecule has 0 aliphatic heterocycles. The summed E-state index contributed by atoms with van der Waals surface area (Å²) in [7, 11) is 0. The van der Waals surface area contributed by atoms with Crippen molar-refractivity contribution in [3.63, 3.8) is 0 Å². The molecule has 1 aliphatic carbocycles. The highest BCUT2D eigenvalue weighted by Crippen LogP contribution is 2.27. The number of nitrogens with one attached hydrogen (secondary N) is 1. The third kappa shape index (κ3) is 4.27. The van der Waals surface area contributed by atoms with Crippen molar-refractivity contribution in [2.75, 3.05) is 13.2 Å². The first-order valence-corrected chi connectivity index (χ1v) is 6.83. The molecule has 2 N–H and O–H groups in total. The smallest absolute Gasteiger partial charge is 0.257 e. The van der Waals surface area contributed by atoms with E-state index in [1.165, 1.54) is 0 Å². The van der Waals surface area contributed by atoms with Gasteiger partial charge in [0, 0.05) is 12.6 Å². The molecule has 0 atom stereocenters. The summed E-state index contributed by atoms with van der Waals surface area (Å²) in [6.45, 7) is 0.522. The van der Waals surface area contributed by atoms with Gasteiger partial charge in [-0.2, -0.15) is 0 Å². The van der Waals surface area contributed by atoms with Gasteiger partial charge in [-0.15, -0.1) is 0 Å². The molecule has 0 unspecified atom stereocenters. The number of amides is 1. The number of aliphatic hydroxyl groups excluding tert-OH is 1. The minimum atomic E-state index is -0.200. The first-order chi connectivity index (χ1) is 9.04. The van der Waals surface area contributed by atoms with E-state index in [2.05, 4.69) is 5.32 Å². The second-order valence-corrected chi connectivity index (χ2v) is 5.47. The molecule has 6 heteroatoms. The fourth-order valence-corrected chi connectivity index (χ4v) is 2.18. The van der Waals surface area contributed by atoms with Gasteiger partial charge in [-0.3, -0.25) is 4.79 Å². The maximum Gasteiger partial charge on any atom is 0.257 e. The highest BCUT2D eigenvalue weighted by Gasteiger charge is 2.27. The van der Waals surface area contributed by atoms with Crippen LogP contribution in [0.5, 0.6) is 5.75 Å². The van der Waals surface area contributed by atoms with Crippen LogP contribution < -0.4 is 10.1 Å². The highest BCUT2D eigenvalue weighted by atomic mass is 35.5. The van der Waals surface area contributed by atoms with Crippen LogP contribution in [-0.2, 0) is 4.79 Å². The van der Waals surface area contributed by atoms with E-state index in [9.17, 15) is 4.79 Å². The Kier molecular flexibility index (Phi) is 4.91. The van der Waals surface area contributed by atoms with Crippen molar-refractivity contribution in [1.82, 2.24) is 5.32 Å². The van der Waals surface area contributed by atoms with Crippen molar-refractivity contribution in [2.45, 2.75) is 18.9 Å². The number of halogens is 2. The van der Waals surface area contributed by atoms with E-state index in [0.717, 1.165) is 12.8 Å². The fraction of sp³-hybridized carbons (Fsp3) is 0.462. The molecular formula is C13H15Cl2NO3. The molecule has 1 aromatic carbocycles. The number of aliphatic hydroxyl groups is 1. The van der Waals surface area contributed by atoms with Crippen molar-refractivity contribution < 1.29 is 14.6 Å². The maximum atomic E-state index is 11.5. The first kappa shape index (κ1) is 14.4. The van der Waals surface area contributed by atoms with Crippen molar-refractivity contribution >= 4 is 29.1 Å². The number of carbonyl (C=O) groups is 1. The van der Waals surface area contributed by atoms with E-state index in [1.807, 2.05) is 0 Å². The standard InChI is InChI=1S/C13H15Cl2NO3/c14-11-2-1-10(5-12(11)15)19-7-13(18)16-6-8-3-9(17)4-8/h1-2,5,8-9,17H,3-4,6-7H2,(H,16,18). The summed E-state index contributed by atoms with van der Waals surface area (Å²) in [4.78, 5) is 11.5. The van der Waals surface area contributed by atoms with Gasteiger partial charge >= 0.3 is 0 Å². The van der Waals surface area contributed by atoms with Gasteiger partial charge in [0.15, 0.2) is 6.61 Å². The molecule has 0 saturated heterocycles. The summed E-state index contributed by atoms with van der Waals surface area (Å²) in [6.07, 6.45) is 1.32. The molecular weight excluding hydrogens is 289 g/mol. The third-order valence-electron chi connectivity index (χ3n) is 3.06. The topological polar surface area (TPSA) is 58.6 Å². The number of benzene rings is 1. The first-order valence-electron chi connectivity index (χ1n) is 6.07. The molecule has 2 rings (SSSR count). The molecule has 0 spiro atoms. The zero-order valence-corrected chi connectivity index (χ0v) is 11.7. The highest BCUT2D eigenvalue weighted by molar-refractivity contribution is 6.42. The van der Waals surface area contributed by atoms with Crippen LogP contribution in [0.1, 0.15) is 12.8 Å². The summed E-state index contributed by atoms with van der Waals surface area (Å²) in [5, 5.41) is 12.7. The largest absolute Gasteiger partial charge is 0.484 e. The van der Waals surface area contributed by atoms with Crippen LogP contribution in [0.4, 0.5) is 0 Å². The van der Waals surface area contributed by atoms with Gasteiger partial charge in [-0.05, 0) is 30.9 Å². The second-order valence-electron chi connectivity index (χ2n) is 4.66. The van der Waals surface area contributed by atoms with E-state index in [-0.39, 0.29) is 18.6 Å². The number of hydrogen-bond donors (Lipinski definition) is 2. The van der Waals surface area contributed by atoms with Crippen LogP contribution >= 0.6 is 23.2 Å². The average molecular weight is 304 g/mol. The lowest BCUT2D eigenvalue weighted by Crippen LogP contribution is -2.39. The Hall–Kier alpha value is -0.970. The lowest BCUT2D eigenvalue weighted by molar-refractivity contribution is -0.123. The molecule has 0 radical (unpaired) electrons. The lowest BCUT2D eigenvalue weighted by atomic mass is 9.82. The zero-order valence-electron chi connectivity index (χ0n) is 10.2.